The van der Waals surface area contributed by atoms with E-state index in [1.807, 2.05) is 66.7 Å². The van der Waals surface area contributed by atoms with Gasteiger partial charge in [-0.1, -0.05) is 84.1 Å². The van der Waals surface area contributed by atoms with Gasteiger partial charge in [-0.05, 0) is 66.7 Å². The molecule has 54 heavy (non-hydrogen) atoms. The van der Waals surface area contributed by atoms with Crippen molar-refractivity contribution in [2.45, 2.75) is 22.4 Å². The topological polar surface area (TPSA) is 124 Å². The third kappa shape index (κ3) is 5.82. The summed E-state index contributed by atoms with van der Waals surface area (Å²) in [6.07, 6.45) is 1.68. The molecular formula is C41H26N4O6S3. The Morgan fingerprint density at radius 1 is 0.870 bits per heavy atom. The molecule has 10 nitrogen and oxygen atoms in total. The number of carbonyl (C=O) groups is 3. The van der Waals surface area contributed by atoms with Crippen molar-refractivity contribution < 1.29 is 23.5 Å². The smallest absolute Gasteiger partial charge is 0.338 e. The van der Waals surface area contributed by atoms with Gasteiger partial charge in [0.2, 0.25) is 0 Å². The summed E-state index contributed by atoms with van der Waals surface area (Å²) in [5, 5.41) is 0.562. The summed E-state index contributed by atoms with van der Waals surface area (Å²) in [6.45, 7) is 1.92. The number of thiazole rings is 2. The first-order valence-corrected chi connectivity index (χ1v) is 19.3. The van der Waals surface area contributed by atoms with Gasteiger partial charge in [-0.15, -0.1) is 11.3 Å². The van der Waals surface area contributed by atoms with Crippen LogP contribution in [-0.2, 0) is 9.53 Å². The van der Waals surface area contributed by atoms with E-state index in [4.69, 9.17) is 19.1 Å². The number of amides is 2. The third-order valence-electron chi connectivity index (χ3n) is 8.96. The monoisotopic (exact) mass is 766 g/mol. The summed E-state index contributed by atoms with van der Waals surface area (Å²) in [7, 11) is 0. The number of hydrogen-bond acceptors (Lipinski definition) is 11. The zero-order valence-electron chi connectivity index (χ0n) is 28.3. The highest BCUT2D eigenvalue weighted by Crippen LogP contribution is 2.38. The number of furan rings is 1. The molecule has 0 unspecified atom stereocenters. The molecule has 0 aliphatic carbocycles. The van der Waals surface area contributed by atoms with Gasteiger partial charge in [0.05, 0.1) is 55.5 Å². The second kappa shape index (κ2) is 13.7. The molecule has 0 saturated heterocycles. The van der Waals surface area contributed by atoms with Crippen LogP contribution in [0.2, 0.25) is 0 Å². The molecule has 0 radical (unpaired) electrons. The first kappa shape index (κ1) is 33.7. The first-order chi connectivity index (χ1) is 26.4. The van der Waals surface area contributed by atoms with Crippen molar-refractivity contribution in [3.8, 4) is 0 Å². The lowest BCUT2D eigenvalue weighted by Gasteiger charge is -2.25. The molecule has 13 heteroatoms. The molecular weight excluding hydrogens is 741 g/mol. The van der Waals surface area contributed by atoms with E-state index < -0.39 is 12.0 Å². The number of hydrogen-bond donors (Lipinski definition) is 0. The number of imide groups is 1. The quantitative estimate of drug-likeness (QED) is 0.119. The fourth-order valence-electron chi connectivity index (χ4n) is 6.57. The number of rotatable bonds is 8. The Labute approximate surface area is 319 Å². The van der Waals surface area contributed by atoms with Crippen molar-refractivity contribution in [1.29, 1.82) is 0 Å². The molecule has 0 bridgehead atoms. The summed E-state index contributed by atoms with van der Waals surface area (Å²) in [5.74, 6) is -0.779. The van der Waals surface area contributed by atoms with Crippen molar-refractivity contribution in [3.63, 3.8) is 0 Å². The van der Waals surface area contributed by atoms with E-state index in [-0.39, 0.29) is 29.6 Å². The first-order valence-electron chi connectivity index (χ1n) is 16.9. The summed E-state index contributed by atoms with van der Waals surface area (Å²) in [4.78, 5) is 65.2. The summed E-state index contributed by atoms with van der Waals surface area (Å²) in [6, 6.07) is 33.8. The summed E-state index contributed by atoms with van der Waals surface area (Å²) >= 11 is 3.96. The molecule has 2 aliphatic rings. The largest absolute Gasteiger partial charge is 0.463 e. The molecule has 264 valence electrons. The van der Waals surface area contributed by atoms with Crippen molar-refractivity contribution in [3.05, 3.63) is 169 Å². The van der Waals surface area contributed by atoms with Gasteiger partial charge < -0.3 is 9.15 Å². The van der Waals surface area contributed by atoms with Gasteiger partial charge in [0, 0.05) is 11.6 Å². The molecule has 0 N–H and O–H groups in total. The summed E-state index contributed by atoms with van der Waals surface area (Å²) in [5.41, 5.74) is 3.90. The van der Waals surface area contributed by atoms with Crippen LogP contribution in [-0.4, -0.2) is 33.9 Å². The van der Waals surface area contributed by atoms with E-state index in [1.165, 1.54) is 39.3 Å². The SMILES string of the molecule is CCOC(=O)C1=C(c2ccccc2)N=c2s/c(=C\c3ccc(Sc4nc5ccc(N6C(=O)c7ccccc7C6=O)cc5s4)o3)c(=O)n2[C@H]1c1ccccc1. The van der Waals surface area contributed by atoms with Gasteiger partial charge in [-0.25, -0.2) is 19.7 Å². The lowest BCUT2D eigenvalue weighted by molar-refractivity contribution is -0.138. The molecule has 2 aliphatic heterocycles. The number of fused-ring (bicyclic) bond motifs is 3. The number of anilines is 1. The van der Waals surface area contributed by atoms with Crippen molar-refractivity contribution in [1.82, 2.24) is 9.55 Å². The fraction of sp³-hybridized carbons (Fsp3) is 0.0732. The highest BCUT2D eigenvalue weighted by molar-refractivity contribution is 8.01. The Morgan fingerprint density at radius 3 is 2.30 bits per heavy atom. The Hall–Kier alpha value is -6.15. The van der Waals surface area contributed by atoms with Gasteiger partial charge >= 0.3 is 5.97 Å². The minimum absolute atomic E-state index is 0.170. The van der Waals surface area contributed by atoms with Crippen LogP contribution >= 0.6 is 34.4 Å². The predicted octanol–water partition coefficient (Wildman–Crippen LogP) is 7.09. The maximum Gasteiger partial charge on any atom is 0.338 e. The number of benzene rings is 4. The van der Waals surface area contributed by atoms with E-state index in [0.29, 0.717) is 47.0 Å². The molecule has 0 fully saturated rings. The van der Waals surface area contributed by atoms with Crippen LogP contribution in [0.15, 0.2) is 144 Å². The average Bonchev–Trinajstić information content (AvgIpc) is 3.95. The Balaban J connectivity index is 1.04. The van der Waals surface area contributed by atoms with E-state index in [0.717, 1.165) is 21.3 Å². The minimum atomic E-state index is -0.766. The van der Waals surface area contributed by atoms with Gasteiger partial charge in [-0.3, -0.25) is 19.0 Å². The maximum atomic E-state index is 14.2. The van der Waals surface area contributed by atoms with Crippen LogP contribution in [0.3, 0.4) is 0 Å². The predicted molar refractivity (Wildman–Crippen MR) is 208 cm³/mol. The molecule has 3 aromatic heterocycles. The number of aromatic nitrogens is 2. The number of nitrogens with zero attached hydrogens (tertiary/aromatic N) is 4. The normalized spacial score (nSPS) is 15.5. The van der Waals surface area contributed by atoms with Crippen LogP contribution in [0.1, 0.15) is 50.6 Å². The zero-order valence-corrected chi connectivity index (χ0v) is 30.7. The van der Waals surface area contributed by atoms with Crippen molar-refractivity contribution in [2.24, 2.45) is 4.99 Å². The van der Waals surface area contributed by atoms with E-state index in [9.17, 15) is 19.2 Å². The van der Waals surface area contributed by atoms with Gasteiger partial charge in [0.1, 0.15) is 5.76 Å². The third-order valence-corrected chi connectivity index (χ3v) is 11.9. The molecule has 7 aromatic rings. The van der Waals surface area contributed by atoms with E-state index in [1.54, 1.807) is 66.1 Å². The minimum Gasteiger partial charge on any atom is -0.463 e. The Morgan fingerprint density at radius 2 is 1.57 bits per heavy atom. The van der Waals surface area contributed by atoms with Crippen LogP contribution < -0.4 is 19.8 Å². The molecule has 2 amide bonds. The van der Waals surface area contributed by atoms with Crippen LogP contribution in [0.25, 0.3) is 22.0 Å². The van der Waals surface area contributed by atoms with Crippen LogP contribution in [0.4, 0.5) is 5.69 Å². The van der Waals surface area contributed by atoms with Crippen LogP contribution in [0, 0.1) is 0 Å². The zero-order chi connectivity index (χ0) is 36.9. The lowest BCUT2D eigenvalue weighted by atomic mass is 9.93. The molecule has 9 rings (SSSR count). The van der Waals surface area contributed by atoms with Gasteiger partial charge in [0.15, 0.2) is 14.2 Å². The molecule has 0 saturated carbocycles. The highest BCUT2D eigenvalue weighted by atomic mass is 32.2. The van der Waals surface area contributed by atoms with Gasteiger partial charge in [-0.2, -0.15) is 0 Å². The second-order valence-corrected chi connectivity index (χ2v) is 15.5. The molecule has 4 aromatic carbocycles. The second-order valence-electron chi connectivity index (χ2n) is 12.2. The fourth-order valence-corrected chi connectivity index (χ4v) is 9.56. The molecule has 5 heterocycles. The van der Waals surface area contributed by atoms with E-state index >= 15 is 0 Å². The maximum absolute atomic E-state index is 14.2. The van der Waals surface area contributed by atoms with Crippen LogP contribution in [0.5, 0.6) is 0 Å². The standard InChI is InChI=1S/C41H26N4O6S3/c1-2-50-39(49)33-34(23-11-5-3-6-12-23)43-40-45(35(33)24-13-7-4-8-14-24)38(48)31(52-40)22-26-18-20-32(51-26)54-41-42-29-19-17-25(21-30(29)53-41)44-36(46)27-15-9-10-16-28(27)37(44)47/h3-22,35H,2H2,1H3/b31-22-/t35-/m0/s1. The highest BCUT2D eigenvalue weighted by Gasteiger charge is 2.37. The summed E-state index contributed by atoms with van der Waals surface area (Å²) < 4.78 is 15.1. The van der Waals surface area contributed by atoms with Crippen molar-refractivity contribution in [2.75, 3.05) is 11.5 Å². The average molecular weight is 767 g/mol. The van der Waals surface area contributed by atoms with E-state index in [2.05, 4.69) is 0 Å². The Bertz CT molecular complexity index is 2840. The lowest BCUT2D eigenvalue weighted by Crippen LogP contribution is -2.39. The molecule has 0 spiro atoms. The van der Waals surface area contributed by atoms with Crippen molar-refractivity contribution >= 4 is 79.9 Å². The Kier molecular flexibility index (Phi) is 8.53. The number of esters is 1. The number of ether oxygens (including phenoxy) is 1. The number of carbonyl (C=O) groups excluding carboxylic acids is 3. The molecule has 1 atom stereocenters. The van der Waals surface area contributed by atoms with Gasteiger partial charge in [0.25, 0.3) is 17.4 Å².